The molecule has 0 aromatic heterocycles. The van der Waals surface area contributed by atoms with E-state index in [4.69, 9.17) is 66.3 Å². The molecule has 9 fully saturated rings. The van der Waals surface area contributed by atoms with Gasteiger partial charge in [-0.1, -0.05) is 44.9 Å². The quantitative estimate of drug-likeness (QED) is 0.0252. The standard InChI is InChI=1S/C63H98O30/c1-25(2)11-14-38(84-27(4)68)62(9)52-31(83-26(3)67)19-61(8)29-12-13-36-59(5,6)37(16-17-60(36,7)28(29)15-18-63(52,61)58(79)93-62)89-57-51(41(72)35(24-82-57)88-54-44(75)42(73)39(70)32(20-64)85-54)92-55-45(76)43(74)49(34(22-66)87-55)91-53-46(77)48(30(69)23-81-53)90-56-47(78)50(80-10)40(71)33(21-65)86-56/h15,29-57,64-66,69-78H,1,11-14,16-24H2,2-10H3/t29-,30-,31+,32-,33-,34-,35-,36+,37+,38?,39-,40-,41+,42+,43-,44-,45-,46-,47-,48+,49-,50+,51-,52-,53+,54+,55+,56+,57+,60-,61+,62+,63-/m1/s1. The van der Waals surface area contributed by atoms with Gasteiger partial charge < -0.3 is 133 Å². The zero-order chi connectivity index (χ0) is 67.9. The van der Waals surface area contributed by atoms with Crippen molar-refractivity contribution < 1.29 is 147 Å². The second-order valence-electron chi connectivity index (χ2n) is 28.6. The number of aliphatic hydroxyl groups is 13. The van der Waals surface area contributed by atoms with E-state index < -0.39 is 244 Å². The van der Waals surface area contributed by atoms with Crippen LogP contribution < -0.4 is 0 Å². The van der Waals surface area contributed by atoms with Gasteiger partial charge in [0.2, 0.25) is 0 Å². The number of ether oxygens (including phenoxy) is 14. The number of rotatable bonds is 20. The molecule has 30 nitrogen and oxygen atoms in total. The van der Waals surface area contributed by atoms with E-state index in [0.29, 0.717) is 44.9 Å². The Morgan fingerprint density at radius 2 is 1.22 bits per heavy atom. The summed E-state index contributed by atoms with van der Waals surface area (Å²) in [6.45, 7) is 15.3. The largest absolute Gasteiger partial charge is 0.462 e. The van der Waals surface area contributed by atoms with Crippen LogP contribution in [0.15, 0.2) is 23.8 Å². The van der Waals surface area contributed by atoms with Crippen molar-refractivity contribution in [3.63, 3.8) is 0 Å². The van der Waals surface area contributed by atoms with Crippen LogP contribution in [0.4, 0.5) is 0 Å². The number of aliphatic hydroxyl groups excluding tert-OH is 13. The lowest BCUT2D eigenvalue weighted by Gasteiger charge is -2.63. The van der Waals surface area contributed by atoms with E-state index in [1.165, 1.54) is 21.0 Å². The molecule has 0 aromatic rings. The first-order valence-corrected chi connectivity index (χ1v) is 32.3. The Hall–Kier alpha value is -3.07. The Morgan fingerprint density at radius 3 is 1.85 bits per heavy atom. The predicted molar refractivity (Wildman–Crippen MR) is 310 cm³/mol. The molecule has 30 heteroatoms. The van der Waals surface area contributed by atoms with Crippen molar-refractivity contribution in [1.82, 2.24) is 0 Å². The fourth-order valence-electron chi connectivity index (χ4n) is 17.9. The molecule has 33 atom stereocenters. The SMILES string of the molecule is C=C(C)CCC(OC(C)=O)[C@]1(C)OC(=O)[C@]23CC=C4[C@@H](CC[C@H]5C(C)(C)[C@@H](O[C@@H]6OC[C@@H](O[C@@H]7O[C@H](CO)[C@@H](O)[C@H](O)[C@H]7O)[C@H](O)[C@H]6O[C@@H]6O[C@H](CO)[C@@H](O[C@@H]7OC[C@@H](O)[C@H](O[C@@H]8O[C@H](CO)[C@@H](O)[C@H](OC)[C@H]8O)[C@H]7O)[C@H](O)[C@H]6O)CC[C@]45C)[C@]2(C)C[C@H](OC(C)=O)[C@H]13. The maximum atomic E-state index is 15.0. The minimum absolute atomic E-state index is 0.0997. The number of hydrogen-bond donors (Lipinski definition) is 13. The molecule has 530 valence electrons. The van der Waals surface area contributed by atoms with Gasteiger partial charge in [-0.2, -0.15) is 0 Å². The van der Waals surface area contributed by atoms with Crippen LogP contribution >= 0.6 is 0 Å². The van der Waals surface area contributed by atoms with Crippen molar-refractivity contribution in [3.8, 4) is 0 Å². The Bertz CT molecular complexity index is 2680. The van der Waals surface area contributed by atoms with Crippen LogP contribution in [-0.4, -0.2) is 290 Å². The lowest BCUT2D eigenvalue weighted by Crippen LogP contribution is -2.67. The molecule has 10 rings (SSSR count). The summed E-state index contributed by atoms with van der Waals surface area (Å²) in [6.07, 6.45) is -35.7. The van der Waals surface area contributed by atoms with Crippen LogP contribution in [0.25, 0.3) is 0 Å². The molecule has 0 radical (unpaired) electrons. The molecule has 6 heterocycles. The van der Waals surface area contributed by atoms with Gasteiger partial charge in [0.25, 0.3) is 0 Å². The number of allylic oxidation sites excluding steroid dienone is 3. The van der Waals surface area contributed by atoms with Gasteiger partial charge in [-0.15, -0.1) is 6.58 Å². The Morgan fingerprint density at radius 1 is 0.624 bits per heavy atom. The van der Waals surface area contributed by atoms with Gasteiger partial charge in [0.15, 0.2) is 37.1 Å². The maximum absolute atomic E-state index is 15.0. The van der Waals surface area contributed by atoms with E-state index in [0.717, 1.165) is 11.1 Å². The second-order valence-corrected chi connectivity index (χ2v) is 28.6. The molecule has 93 heavy (non-hydrogen) atoms. The van der Waals surface area contributed by atoms with E-state index in [-0.39, 0.29) is 18.3 Å². The van der Waals surface area contributed by atoms with Crippen molar-refractivity contribution in [2.45, 2.75) is 272 Å². The van der Waals surface area contributed by atoms with Crippen molar-refractivity contribution in [1.29, 1.82) is 0 Å². The molecule has 0 bridgehead atoms. The van der Waals surface area contributed by atoms with Crippen molar-refractivity contribution in [2.24, 2.45) is 39.4 Å². The van der Waals surface area contributed by atoms with Gasteiger partial charge in [0, 0.05) is 21.0 Å². The second kappa shape index (κ2) is 27.9. The van der Waals surface area contributed by atoms with Crippen LogP contribution in [0, 0.1) is 39.4 Å². The maximum Gasteiger partial charge on any atom is 0.314 e. The minimum atomic E-state index is -2.10. The molecule has 0 aromatic carbocycles. The van der Waals surface area contributed by atoms with Crippen LogP contribution in [0.2, 0.25) is 0 Å². The fourth-order valence-corrected chi connectivity index (χ4v) is 17.9. The first-order chi connectivity index (χ1) is 43.8. The minimum Gasteiger partial charge on any atom is -0.462 e. The zero-order valence-corrected chi connectivity index (χ0v) is 54.0. The van der Waals surface area contributed by atoms with Crippen LogP contribution in [0.3, 0.4) is 0 Å². The number of methoxy groups -OCH3 is 1. The summed E-state index contributed by atoms with van der Waals surface area (Å²) in [5.41, 5.74) is -2.52. The van der Waals surface area contributed by atoms with E-state index in [1.54, 1.807) is 6.92 Å². The highest BCUT2D eigenvalue weighted by Crippen LogP contribution is 2.76. The van der Waals surface area contributed by atoms with Crippen molar-refractivity contribution in [2.75, 3.05) is 40.1 Å². The summed E-state index contributed by atoms with van der Waals surface area (Å²) >= 11 is 0. The molecule has 3 saturated carbocycles. The number of carbonyl (C=O) groups is 3. The van der Waals surface area contributed by atoms with Crippen molar-refractivity contribution >= 4 is 17.9 Å². The molecular formula is C63H98O30. The molecule has 1 unspecified atom stereocenters. The molecule has 6 saturated heterocycles. The number of fused-ring (bicyclic) bond motifs is 4. The van der Waals surface area contributed by atoms with Gasteiger partial charge in [0.1, 0.15) is 122 Å². The third kappa shape index (κ3) is 12.7. The zero-order valence-electron chi connectivity index (χ0n) is 54.0. The van der Waals surface area contributed by atoms with Gasteiger partial charge in [0.05, 0.1) is 50.5 Å². The smallest absolute Gasteiger partial charge is 0.314 e. The van der Waals surface area contributed by atoms with Crippen LogP contribution in [-0.2, 0) is 80.7 Å². The lowest BCUT2D eigenvalue weighted by atomic mass is 9.41. The van der Waals surface area contributed by atoms with E-state index >= 15 is 4.79 Å². The topological polar surface area (TPSA) is 443 Å². The summed E-state index contributed by atoms with van der Waals surface area (Å²) < 4.78 is 84.3. The molecule has 4 aliphatic carbocycles. The summed E-state index contributed by atoms with van der Waals surface area (Å²) in [7, 11) is 1.19. The highest BCUT2D eigenvalue weighted by Gasteiger charge is 2.81. The molecule has 10 aliphatic rings. The first-order valence-electron chi connectivity index (χ1n) is 32.3. The lowest BCUT2D eigenvalue weighted by molar-refractivity contribution is -0.392. The number of esters is 3. The third-order valence-electron chi connectivity index (χ3n) is 22.6. The number of hydrogen-bond acceptors (Lipinski definition) is 30. The summed E-state index contributed by atoms with van der Waals surface area (Å²) in [4.78, 5) is 40.8. The van der Waals surface area contributed by atoms with Crippen LogP contribution in [0.1, 0.15) is 107 Å². The summed E-state index contributed by atoms with van der Waals surface area (Å²) in [5, 5.41) is 143. The Kier molecular flexibility index (Phi) is 21.8. The van der Waals surface area contributed by atoms with E-state index in [9.17, 15) is 76.0 Å². The molecular weight excluding hydrogens is 1240 g/mol. The molecule has 0 amide bonds. The highest BCUT2D eigenvalue weighted by atomic mass is 16.8. The third-order valence-corrected chi connectivity index (χ3v) is 22.6. The monoisotopic (exact) mass is 1330 g/mol. The average molecular weight is 1340 g/mol. The van der Waals surface area contributed by atoms with Crippen molar-refractivity contribution in [3.05, 3.63) is 23.8 Å². The fraction of sp³-hybridized carbons (Fsp3) is 0.889. The van der Waals surface area contributed by atoms with Gasteiger partial charge in [-0.05, 0) is 93.3 Å². The van der Waals surface area contributed by atoms with Gasteiger partial charge in [-0.25, -0.2) is 0 Å². The normalized spacial score (nSPS) is 49.8. The van der Waals surface area contributed by atoms with Gasteiger partial charge >= 0.3 is 17.9 Å². The first kappa shape index (κ1) is 72.7. The van der Waals surface area contributed by atoms with Crippen LogP contribution in [0.5, 0.6) is 0 Å². The molecule has 1 spiro atoms. The summed E-state index contributed by atoms with van der Waals surface area (Å²) in [6, 6.07) is 0. The molecule has 6 aliphatic heterocycles. The number of carbonyl (C=O) groups excluding carboxylic acids is 3. The number of cyclic esters (lactones) is 1. The predicted octanol–water partition coefficient (Wildman–Crippen LogP) is -2.87. The summed E-state index contributed by atoms with van der Waals surface area (Å²) in [5.74, 6) is -2.45. The molecule has 13 N–H and O–H groups in total. The van der Waals surface area contributed by atoms with E-state index in [2.05, 4.69) is 40.3 Å². The highest BCUT2D eigenvalue weighted by molar-refractivity contribution is 5.84. The Labute approximate surface area is 538 Å². The Balaban J connectivity index is 0.888. The average Bonchev–Trinajstić information content (AvgIpc) is 1.51. The van der Waals surface area contributed by atoms with E-state index in [1.807, 2.05) is 6.92 Å². The van der Waals surface area contributed by atoms with Gasteiger partial charge in [-0.3, -0.25) is 14.4 Å².